The lowest BCUT2D eigenvalue weighted by atomic mass is 10.4. The second kappa shape index (κ2) is 18.3. The highest BCUT2D eigenvalue weighted by Gasteiger charge is 2.01. The first-order chi connectivity index (χ1) is 10.8. The van der Waals surface area contributed by atoms with Crippen molar-refractivity contribution in [2.45, 2.75) is 26.2 Å². The van der Waals surface area contributed by atoms with Crippen molar-refractivity contribution in [3.63, 3.8) is 0 Å². The molecule has 0 rings (SSSR count). The van der Waals surface area contributed by atoms with Crippen LogP contribution in [0.15, 0.2) is 0 Å². The number of hydrogen-bond donors (Lipinski definition) is 1. The molecule has 7 heteroatoms. The molecule has 22 heavy (non-hydrogen) atoms. The lowest BCUT2D eigenvalue weighted by molar-refractivity contribution is -0.145. The molecule has 0 spiro atoms. The van der Waals surface area contributed by atoms with E-state index in [-0.39, 0.29) is 12.4 Å². The molecule has 0 aliphatic rings. The van der Waals surface area contributed by atoms with Gasteiger partial charge in [-0.15, -0.1) is 0 Å². The minimum atomic E-state index is -0.209. The highest BCUT2D eigenvalue weighted by atomic mass is 16.6. The van der Waals surface area contributed by atoms with E-state index in [9.17, 15) is 4.79 Å². The van der Waals surface area contributed by atoms with Crippen LogP contribution < -0.4 is 5.73 Å². The van der Waals surface area contributed by atoms with Crippen LogP contribution >= 0.6 is 0 Å². The summed E-state index contributed by atoms with van der Waals surface area (Å²) in [5.41, 5.74) is 5.28. The van der Waals surface area contributed by atoms with Gasteiger partial charge >= 0.3 is 5.97 Å². The minimum absolute atomic E-state index is 0.209. The second-order valence-corrected chi connectivity index (χ2v) is 4.56. The largest absolute Gasteiger partial charge is 0.466 e. The van der Waals surface area contributed by atoms with E-state index in [4.69, 9.17) is 29.4 Å². The van der Waals surface area contributed by atoms with Crippen LogP contribution in [0.2, 0.25) is 0 Å². The van der Waals surface area contributed by atoms with Crippen LogP contribution in [0.3, 0.4) is 0 Å². The van der Waals surface area contributed by atoms with E-state index >= 15 is 0 Å². The Kier molecular flexibility index (Phi) is 17.7. The van der Waals surface area contributed by atoms with Gasteiger partial charge in [0.25, 0.3) is 0 Å². The Morgan fingerprint density at radius 2 is 1.27 bits per heavy atom. The van der Waals surface area contributed by atoms with Gasteiger partial charge in [0, 0.05) is 6.54 Å². The summed E-state index contributed by atoms with van der Waals surface area (Å²) in [6.07, 6.45) is 2.21. The molecule has 0 saturated carbocycles. The van der Waals surface area contributed by atoms with Crippen LogP contribution in [-0.2, 0) is 28.5 Å². The summed E-state index contributed by atoms with van der Waals surface area (Å²) in [7, 11) is 0. The normalized spacial score (nSPS) is 10.8. The van der Waals surface area contributed by atoms with Crippen molar-refractivity contribution in [2.75, 3.05) is 66.0 Å². The van der Waals surface area contributed by atoms with E-state index in [0.717, 1.165) is 12.8 Å². The van der Waals surface area contributed by atoms with Crippen molar-refractivity contribution in [3.05, 3.63) is 0 Å². The highest BCUT2D eigenvalue weighted by molar-refractivity contribution is 5.69. The molecule has 132 valence electrons. The second-order valence-electron chi connectivity index (χ2n) is 4.56. The maximum Gasteiger partial charge on any atom is 0.308 e. The van der Waals surface area contributed by atoms with Crippen LogP contribution in [0.5, 0.6) is 0 Å². The summed E-state index contributed by atoms with van der Waals surface area (Å²) in [6, 6.07) is 0. The molecule has 0 aromatic rings. The standard InChI is InChI=1S/C15H31NO6/c1-2-3-6-22-15(17)4-7-18-9-11-20-13-14-21-12-10-19-8-5-16/h2-14,16H2,1H3. The number of rotatable bonds is 17. The van der Waals surface area contributed by atoms with Gasteiger partial charge in [0.2, 0.25) is 0 Å². The van der Waals surface area contributed by atoms with Crippen molar-refractivity contribution < 1.29 is 28.5 Å². The quantitative estimate of drug-likeness (QED) is 0.312. The third kappa shape index (κ3) is 17.3. The Labute approximate surface area is 133 Å². The molecule has 0 heterocycles. The molecule has 0 aromatic carbocycles. The predicted octanol–water partition coefficient (Wildman–Crippen LogP) is 0.745. The molecule has 7 nitrogen and oxygen atoms in total. The predicted molar refractivity (Wildman–Crippen MR) is 82.8 cm³/mol. The summed E-state index contributed by atoms with van der Waals surface area (Å²) >= 11 is 0. The van der Waals surface area contributed by atoms with E-state index in [0.29, 0.717) is 66.0 Å². The van der Waals surface area contributed by atoms with Gasteiger partial charge in [0.1, 0.15) is 0 Å². The summed E-state index contributed by atoms with van der Waals surface area (Å²) in [5.74, 6) is -0.209. The molecule has 0 fully saturated rings. The topological polar surface area (TPSA) is 89.2 Å². The number of unbranched alkanes of at least 4 members (excludes halogenated alkanes) is 1. The first kappa shape index (κ1) is 21.3. The minimum Gasteiger partial charge on any atom is -0.466 e. The molecule has 0 aliphatic carbocycles. The van der Waals surface area contributed by atoms with Crippen molar-refractivity contribution in [1.29, 1.82) is 0 Å². The van der Waals surface area contributed by atoms with Gasteiger partial charge in [-0.25, -0.2) is 0 Å². The van der Waals surface area contributed by atoms with Crippen molar-refractivity contribution in [2.24, 2.45) is 5.73 Å². The smallest absolute Gasteiger partial charge is 0.308 e. The van der Waals surface area contributed by atoms with E-state index in [2.05, 4.69) is 6.92 Å². The van der Waals surface area contributed by atoms with Gasteiger partial charge in [0.15, 0.2) is 0 Å². The van der Waals surface area contributed by atoms with Crippen molar-refractivity contribution in [3.8, 4) is 0 Å². The molecule has 0 unspecified atom stereocenters. The van der Waals surface area contributed by atoms with E-state index < -0.39 is 0 Å². The van der Waals surface area contributed by atoms with Crippen LogP contribution in [0, 0.1) is 0 Å². The molecule has 0 aromatic heterocycles. The molecule has 0 amide bonds. The first-order valence-corrected chi connectivity index (χ1v) is 7.98. The fraction of sp³-hybridized carbons (Fsp3) is 0.933. The number of esters is 1. The fourth-order valence-electron chi connectivity index (χ4n) is 1.40. The molecule has 0 radical (unpaired) electrons. The summed E-state index contributed by atoms with van der Waals surface area (Å²) in [4.78, 5) is 11.3. The first-order valence-electron chi connectivity index (χ1n) is 7.98. The van der Waals surface area contributed by atoms with Gasteiger partial charge in [-0.2, -0.15) is 0 Å². The maximum atomic E-state index is 11.3. The van der Waals surface area contributed by atoms with Crippen LogP contribution in [0.1, 0.15) is 26.2 Å². The zero-order valence-electron chi connectivity index (χ0n) is 13.7. The third-order valence-electron chi connectivity index (χ3n) is 2.59. The van der Waals surface area contributed by atoms with Crippen LogP contribution in [0.25, 0.3) is 0 Å². The molecule has 2 N–H and O–H groups in total. The SMILES string of the molecule is CCCCOC(=O)CCOCCOCCOCCOCCN. The van der Waals surface area contributed by atoms with Gasteiger partial charge in [0.05, 0.1) is 65.9 Å². The molecular formula is C15H31NO6. The molecule has 0 aliphatic heterocycles. The zero-order chi connectivity index (χ0) is 16.3. The monoisotopic (exact) mass is 321 g/mol. The fourth-order valence-corrected chi connectivity index (χ4v) is 1.40. The highest BCUT2D eigenvalue weighted by Crippen LogP contribution is 1.93. The Balaban J connectivity index is 3.06. The lowest BCUT2D eigenvalue weighted by Crippen LogP contribution is -2.15. The van der Waals surface area contributed by atoms with Gasteiger partial charge in [-0.1, -0.05) is 13.3 Å². The zero-order valence-corrected chi connectivity index (χ0v) is 13.7. The molecule has 0 saturated heterocycles. The number of ether oxygens (including phenoxy) is 5. The maximum absolute atomic E-state index is 11.3. The Hall–Kier alpha value is -0.730. The molecule has 0 atom stereocenters. The van der Waals surface area contributed by atoms with Crippen LogP contribution in [0.4, 0.5) is 0 Å². The summed E-state index contributed by atoms with van der Waals surface area (Å²) < 4.78 is 26.1. The number of carbonyl (C=O) groups is 1. The van der Waals surface area contributed by atoms with E-state index in [1.165, 1.54) is 0 Å². The lowest BCUT2D eigenvalue weighted by Gasteiger charge is -2.07. The Bertz CT molecular complexity index is 240. The Morgan fingerprint density at radius 3 is 1.77 bits per heavy atom. The van der Waals surface area contributed by atoms with Gasteiger partial charge in [-0.05, 0) is 6.42 Å². The molecule has 0 bridgehead atoms. The summed E-state index contributed by atoms with van der Waals surface area (Å²) in [5, 5.41) is 0. The van der Waals surface area contributed by atoms with Crippen LogP contribution in [-0.4, -0.2) is 72.0 Å². The van der Waals surface area contributed by atoms with E-state index in [1.54, 1.807) is 0 Å². The summed E-state index contributed by atoms with van der Waals surface area (Å²) in [6.45, 7) is 7.07. The Morgan fingerprint density at radius 1 is 0.773 bits per heavy atom. The van der Waals surface area contributed by atoms with E-state index in [1.807, 2.05) is 0 Å². The molecular weight excluding hydrogens is 290 g/mol. The van der Waals surface area contributed by atoms with Crippen molar-refractivity contribution in [1.82, 2.24) is 0 Å². The van der Waals surface area contributed by atoms with Gasteiger partial charge in [-0.3, -0.25) is 4.79 Å². The number of carbonyl (C=O) groups excluding carboxylic acids is 1. The third-order valence-corrected chi connectivity index (χ3v) is 2.59. The van der Waals surface area contributed by atoms with Gasteiger partial charge < -0.3 is 29.4 Å². The average molecular weight is 321 g/mol. The number of nitrogens with two attached hydrogens (primary N) is 1. The number of hydrogen-bond acceptors (Lipinski definition) is 7. The average Bonchev–Trinajstić information content (AvgIpc) is 2.52. The van der Waals surface area contributed by atoms with Crippen molar-refractivity contribution >= 4 is 5.97 Å².